The lowest BCUT2D eigenvalue weighted by Gasteiger charge is -2.12. The normalized spacial score (nSPS) is 12.4. The first-order valence-corrected chi connectivity index (χ1v) is 5.97. The fourth-order valence-corrected chi connectivity index (χ4v) is 1.87. The first-order valence-electron chi connectivity index (χ1n) is 4.72. The molecule has 0 saturated carbocycles. The summed E-state index contributed by atoms with van der Waals surface area (Å²) in [5.74, 6) is -1.09. The molecule has 7 heteroatoms. The van der Waals surface area contributed by atoms with Crippen molar-refractivity contribution in [3.05, 3.63) is 23.3 Å². The fraction of sp³-hybridized carbons (Fsp3) is 0.300. The number of ether oxygens (including phenoxy) is 1. The van der Waals surface area contributed by atoms with E-state index in [1.54, 1.807) is 0 Å². The quantitative estimate of drug-likeness (QED) is 0.541. The van der Waals surface area contributed by atoms with Crippen molar-refractivity contribution in [2.24, 2.45) is 0 Å². The predicted molar refractivity (Wildman–Crippen MR) is 63.1 cm³/mol. The molecule has 0 aliphatic carbocycles. The number of aromatic carboxylic acids is 1. The molecule has 0 heterocycles. The number of hydrogen-bond acceptors (Lipinski definition) is 5. The molecule has 0 fully saturated rings. The van der Waals surface area contributed by atoms with Crippen LogP contribution in [0.2, 0.25) is 0 Å². The van der Waals surface area contributed by atoms with E-state index in [0.717, 1.165) is 0 Å². The van der Waals surface area contributed by atoms with E-state index in [1.165, 1.54) is 26.2 Å². The van der Waals surface area contributed by atoms with Crippen molar-refractivity contribution >= 4 is 22.4 Å². The molecule has 0 aliphatic heterocycles. The van der Waals surface area contributed by atoms with Crippen LogP contribution in [0.15, 0.2) is 12.1 Å². The molecule has 1 unspecified atom stereocenters. The van der Waals surface area contributed by atoms with E-state index in [4.69, 9.17) is 15.6 Å². The average molecular weight is 259 g/mol. The van der Waals surface area contributed by atoms with E-state index in [2.05, 4.69) is 0 Å². The van der Waals surface area contributed by atoms with Gasteiger partial charge in [0.15, 0.2) is 0 Å². The summed E-state index contributed by atoms with van der Waals surface area (Å²) in [6, 6.07) is 2.54. The van der Waals surface area contributed by atoms with Crippen LogP contribution < -0.4 is 10.5 Å². The van der Waals surface area contributed by atoms with Crippen LogP contribution in [0.1, 0.15) is 28.1 Å². The highest BCUT2D eigenvalue weighted by Crippen LogP contribution is 2.30. The van der Waals surface area contributed by atoms with Gasteiger partial charge >= 0.3 is 5.97 Å². The van der Waals surface area contributed by atoms with Crippen molar-refractivity contribution in [1.29, 1.82) is 0 Å². The third kappa shape index (κ3) is 2.68. The van der Waals surface area contributed by atoms with Crippen molar-refractivity contribution in [3.63, 3.8) is 0 Å². The Morgan fingerprint density at radius 3 is 2.47 bits per heavy atom. The number of thiol groups is 1. The van der Waals surface area contributed by atoms with Gasteiger partial charge in [0.2, 0.25) is 0 Å². The van der Waals surface area contributed by atoms with Crippen LogP contribution in [0.25, 0.3) is 0 Å². The molecule has 6 nitrogen and oxygen atoms in total. The van der Waals surface area contributed by atoms with Gasteiger partial charge < -0.3 is 15.6 Å². The number of anilines is 1. The molecule has 94 valence electrons. The van der Waals surface area contributed by atoms with E-state index >= 15 is 0 Å². The van der Waals surface area contributed by atoms with E-state index in [-0.39, 0.29) is 22.6 Å². The Morgan fingerprint density at radius 1 is 1.47 bits per heavy atom. The molecule has 1 rings (SSSR count). The average Bonchev–Trinajstić information content (AvgIpc) is 2.27. The lowest BCUT2D eigenvalue weighted by molar-refractivity contribution is 0.0693. The van der Waals surface area contributed by atoms with Crippen LogP contribution in [0.3, 0.4) is 0 Å². The molecule has 1 aromatic rings. The van der Waals surface area contributed by atoms with E-state index in [9.17, 15) is 13.2 Å². The Balaban J connectivity index is 3.44. The largest absolute Gasteiger partial charge is 0.496 e. The van der Waals surface area contributed by atoms with Crippen LogP contribution in [0.5, 0.6) is 5.75 Å². The highest BCUT2D eigenvalue weighted by molar-refractivity contribution is 7.72. The third-order valence-corrected chi connectivity index (χ3v) is 3.31. The number of rotatable bonds is 4. The third-order valence-electron chi connectivity index (χ3n) is 2.40. The standard InChI is InChI=1S/C10H13NO5S/c1-5(17(14)15)6-3-7(10(12)13)9(16-2)4-8(6)11/h3-5,17H,11H2,1-2H3,(H,12,13). The minimum Gasteiger partial charge on any atom is -0.496 e. The molecule has 0 radical (unpaired) electrons. The number of carboxylic acid groups (broad SMARTS) is 1. The van der Waals surface area contributed by atoms with Gasteiger partial charge in [-0.3, -0.25) is 0 Å². The Morgan fingerprint density at radius 2 is 2.06 bits per heavy atom. The summed E-state index contributed by atoms with van der Waals surface area (Å²) < 4.78 is 26.7. The van der Waals surface area contributed by atoms with Crippen molar-refractivity contribution in [1.82, 2.24) is 0 Å². The highest BCUT2D eigenvalue weighted by Gasteiger charge is 2.19. The Kier molecular flexibility index (Phi) is 3.95. The number of benzene rings is 1. The minimum atomic E-state index is -2.71. The van der Waals surface area contributed by atoms with E-state index in [0.29, 0.717) is 0 Å². The van der Waals surface area contributed by atoms with Crippen molar-refractivity contribution in [2.75, 3.05) is 12.8 Å². The van der Waals surface area contributed by atoms with Crippen LogP contribution in [-0.2, 0) is 10.7 Å². The first kappa shape index (κ1) is 13.3. The van der Waals surface area contributed by atoms with Gasteiger partial charge in [0, 0.05) is 11.8 Å². The maximum atomic E-state index is 11.0. The SMILES string of the molecule is COc1cc(N)c(C(C)[SH](=O)=O)cc1C(=O)O. The molecular weight excluding hydrogens is 246 g/mol. The zero-order valence-corrected chi connectivity index (χ0v) is 10.2. The summed E-state index contributed by atoms with van der Waals surface area (Å²) >= 11 is 0. The summed E-state index contributed by atoms with van der Waals surface area (Å²) in [5.41, 5.74) is 6.01. The summed E-state index contributed by atoms with van der Waals surface area (Å²) in [7, 11) is -1.40. The number of methoxy groups -OCH3 is 1. The Labute approximate surface area is 100.0 Å². The molecule has 0 spiro atoms. The second-order valence-electron chi connectivity index (χ2n) is 3.45. The minimum absolute atomic E-state index is 0.104. The molecule has 3 N–H and O–H groups in total. The molecular formula is C10H13NO5S. The van der Waals surface area contributed by atoms with Crippen molar-refractivity contribution in [2.45, 2.75) is 12.2 Å². The topological polar surface area (TPSA) is 107 Å². The Hall–Kier alpha value is -1.76. The highest BCUT2D eigenvalue weighted by atomic mass is 32.2. The number of nitrogens with two attached hydrogens (primary N) is 1. The maximum Gasteiger partial charge on any atom is 0.339 e. The van der Waals surface area contributed by atoms with Crippen LogP contribution >= 0.6 is 0 Å². The van der Waals surface area contributed by atoms with Gasteiger partial charge in [0.1, 0.15) is 22.0 Å². The monoisotopic (exact) mass is 259 g/mol. The summed E-state index contributed by atoms with van der Waals surface area (Å²) in [6.07, 6.45) is 0. The van der Waals surface area contributed by atoms with E-state index in [1.807, 2.05) is 0 Å². The fourth-order valence-electron chi connectivity index (χ4n) is 1.42. The molecule has 0 bridgehead atoms. The number of carboxylic acids is 1. The molecule has 0 saturated heterocycles. The van der Waals surface area contributed by atoms with Gasteiger partial charge in [-0.15, -0.1) is 0 Å². The van der Waals surface area contributed by atoms with Gasteiger partial charge in [-0.2, -0.15) is 0 Å². The first-order chi connectivity index (χ1) is 7.88. The summed E-state index contributed by atoms with van der Waals surface area (Å²) in [4.78, 5) is 11.0. The van der Waals surface area contributed by atoms with Crippen LogP contribution in [-0.4, -0.2) is 26.6 Å². The molecule has 0 amide bonds. The van der Waals surface area contributed by atoms with Gasteiger partial charge in [0.05, 0.1) is 12.4 Å². The molecule has 0 aromatic heterocycles. The molecule has 1 aromatic carbocycles. The summed E-state index contributed by atoms with van der Waals surface area (Å²) in [5, 5.41) is 8.12. The Bertz CT molecular complexity index is 516. The number of hydrogen-bond donors (Lipinski definition) is 3. The predicted octanol–water partition coefficient (Wildman–Crippen LogP) is 0.648. The zero-order valence-electron chi connectivity index (χ0n) is 9.34. The zero-order chi connectivity index (χ0) is 13.2. The molecule has 17 heavy (non-hydrogen) atoms. The van der Waals surface area contributed by atoms with Crippen LogP contribution in [0.4, 0.5) is 5.69 Å². The van der Waals surface area contributed by atoms with E-state index < -0.39 is 21.9 Å². The second kappa shape index (κ2) is 5.05. The van der Waals surface area contributed by atoms with Gasteiger partial charge in [-0.25, -0.2) is 13.2 Å². The maximum absolute atomic E-state index is 11.0. The lowest BCUT2D eigenvalue weighted by atomic mass is 10.1. The second-order valence-corrected chi connectivity index (χ2v) is 4.79. The number of nitrogen functional groups attached to an aromatic ring is 1. The van der Waals surface area contributed by atoms with Crippen molar-refractivity contribution in [3.8, 4) is 5.75 Å². The van der Waals surface area contributed by atoms with Crippen molar-refractivity contribution < 1.29 is 23.1 Å². The smallest absolute Gasteiger partial charge is 0.339 e. The van der Waals surface area contributed by atoms with Crippen LogP contribution in [0, 0.1) is 0 Å². The van der Waals surface area contributed by atoms with Gasteiger partial charge in [-0.05, 0) is 18.6 Å². The molecule has 0 aliphatic rings. The van der Waals surface area contributed by atoms with Gasteiger partial charge in [0.25, 0.3) is 0 Å². The molecule has 1 atom stereocenters. The number of carbonyl (C=O) groups is 1. The van der Waals surface area contributed by atoms with Gasteiger partial charge in [-0.1, -0.05) is 0 Å². The lowest BCUT2D eigenvalue weighted by Crippen LogP contribution is -2.07. The summed E-state index contributed by atoms with van der Waals surface area (Å²) in [6.45, 7) is 1.44.